The van der Waals surface area contributed by atoms with Gasteiger partial charge in [-0.05, 0) is 30.5 Å². The fourth-order valence-corrected chi connectivity index (χ4v) is 2.72. The van der Waals surface area contributed by atoms with Crippen LogP contribution in [0, 0.1) is 0 Å². The van der Waals surface area contributed by atoms with Crippen LogP contribution in [0.5, 0.6) is 0 Å². The second-order valence-corrected chi connectivity index (χ2v) is 5.25. The Labute approximate surface area is 111 Å². The smallest absolute Gasteiger partial charge is 0.253 e. The van der Waals surface area contributed by atoms with Gasteiger partial charge < -0.3 is 16.0 Å². The SMILES string of the molecule is N[C@@H]1CCCN(C(=O)c2ccc3c(c2)NC(=O)C3)C1. The maximum Gasteiger partial charge on any atom is 0.253 e. The van der Waals surface area contributed by atoms with Crippen molar-refractivity contribution in [3.8, 4) is 0 Å². The minimum Gasteiger partial charge on any atom is -0.337 e. The first kappa shape index (κ1) is 12.2. The maximum absolute atomic E-state index is 12.4. The number of hydrogen-bond donors (Lipinski definition) is 2. The van der Waals surface area contributed by atoms with E-state index >= 15 is 0 Å². The number of amides is 2. The summed E-state index contributed by atoms with van der Waals surface area (Å²) in [5.74, 6) is -0.0151. The van der Waals surface area contributed by atoms with Crippen molar-refractivity contribution >= 4 is 17.5 Å². The Morgan fingerprint density at radius 3 is 3.05 bits per heavy atom. The average Bonchev–Trinajstić information content (AvgIpc) is 2.76. The molecule has 1 fully saturated rings. The average molecular weight is 259 g/mol. The largest absolute Gasteiger partial charge is 0.337 e. The molecule has 1 aromatic rings. The van der Waals surface area contributed by atoms with E-state index in [1.807, 2.05) is 6.07 Å². The number of likely N-dealkylation sites (tertiary alicyclic amines) is 1. The molecule has 2 aliphatic rings. The van der Waals surface area contributed by atoms with Crippen LogP contribution in [0.2, 0.25) is 0 Å². The lowest BCUT2D eigenvalue weighted by Crippen LogP contribution is -2.45. The van der Waals surface area contributed by atoms with Crippen LogP contribution < -0.4 is 11.1 Å². The molecule has 0 aromatic heterocycles. The molecule has 5 nitrogen and oxygen atoms in total. The fourth-order valence-electron chi connectivity index (χ4n) is 2.72. The van der Waals surface area contributed by atoms with Crippen LogP contribution in [0.25, 0.3) is 0 Å². The van der Waals surface area contributed by atoms with Gasteiger partial charge in [0.2, 0.25) is 5.91 Å². The lowest BCUT2D eigenvalue weighted by molar-refractivity contribution is -0.115. The van der Waals surface area contributed by atoms with Crippen molar-refractivity contribution in [1.29, 1.82) is 0 Å². The molecule has 100 valence electrons. The zero-order valence-electron chi connectivity index (χ0n) is 10.7. The molecule has 1 atom stereocenters. The number of nitrogens with zero attached hydrogens (tertiary/aromatic N) is 1. The number of hydrogen-bond acceptors (Lipinski definition) is 3. The van der Waals surface area contributed by atoms with E-state index in [0.29, 0.717) is 18.5 Å². The first-order valence-corrected chi connectivity index (χ1v) is 6.61. The van der Waals surface area contributed by atoms with E-state index < -0.39 is 0 Å². The molecule has 0 bridgehead atoms. The highest BCUT2D eigenvalue weighted by atomic mass is 16.2. The van der Waals surface area contributed by atoms with Gasteiger partial charge in [-0.1, -0.05) is 6.07 Å². The van der Waals surface area contributed by atoms with Gasteiger partial charge in [-0.15, -0.1) is 0 Å². The predicted octanol–water partition coefficient (Wildman–Crippen LogP) is 0.744. The van der Waals surface area contributed by atoms with E-state index in [1.165, 1.54) is 0 Å². The minimum atomic E-state index is -0.0143. The van der Waals surface area contributed by atoms with Gasteiger partial charge in [0, 0.05) is 30.4 Å². The van der Waals surface area contributed by atoms with E-state index in [9.17, 15) is 9.59 Å². The number of carbonyl (C=O) groups excluding carboxylic acids is 2. The molecule has 2 aliphatic heterocycles. The van der Waals surface area contributed by atoms with Crippen LogP contribution in [-0.2, 0) is 11.2 Å². The van der Waals surface area contributed by atoms with Crippen LogP contribution in [-0.4, -0.2) is 35.8 Å². The van der Waals surface area contributed by atoms with Crippen molar-refractivity contribution in [3.63, 3.8) is 0 Å². The Bertz CT molecular complexity index is 541. The zero-order chi connectivity index (χ0) is 13.4. The number of nitrogens with two attached hydrogens (primary N) is 1. The van der Waals surface area contributed by atoms with Gasteiger partial charge in [-0.2, -0.15) is 0 Å². The van der Waals surface area contributed by atoms with Crippen LogP contribution in [0.15, 0.2) is 18.2 Å². The van der Waals surface area contributed by atoms with Gasteiger partial charge in [0.1, 0.15) is 0 Å². The van der Waals surface area contributed by atoms with Gasteiger partial charge in [0.05, 0.1) is 6.42 Å². The van der Waals surface area contributed by atoms with Gasteiger partial charge in [-0.3, -0.25) is 9.59 Å². The summed E-state index contributed by atoms with van der Waals surface area (Å²) in [5.41, 5.74) is 8.24. The van der Waals surface area contributed by atoms with Crippen molar-refractivity contribution in [2.45, 2.75) is 25.3 Å². The number of rotatable bonds is 1. The third-order valence-electron chi connectivity index (χ3n) is 3.73. The van der Waals surface area contributed by atoms with Gasteiger partial charge in [0.15, 0.2) is 0 Å². The summed E-state index contributed by atoms with van der Waals surface area (Å²) < 4.78 is 0. The van der Waals surface area contributed by atoms with Crippen molar-refractivity contribution in [1.82, 2.24) is 4.90 Å². The van der Waals surface area contributed by atoms with Gasteiger partial charge in [0.25, 0.3) is 5.91 Å². The zero-order valence-corrected chi connectivity index (χ0v) is 10.7. The summed E-state index contributed by atoms with van der Waals surface area (Å²) in [4.78, 5) is 25.5. The molecule has 3 rings (SSSR count). The third kappa shape index (κ3) is 2.33. The maximum atomic E-state index is 12.4. The van der Waals surface area contributed by atoms with E-state index in [1.54, 1.807) is 17.0 Å². The number of piperidine rings is 1. The van der Waals surface area contributed by atoms with Crippen LogP contribution in [0.4, 0.5) is 5.69 Å². The first-order chi connectivity index (χ1) is 9.13. The summed E-state index contributed by atoms with van der Waals surface area (Å²) >= 11 is 0. The number of benzene rings is 1. The molecule has 0 saturated carbocycles. The second kappa shape index (κ2) is 4.66. The highest BCUT2D eigenvalue weighted by Crippen LogP contribution is 2.25. The monoisotopic (exact) mass is 259 g/mol. The minimum absolute atomic E-state index is 0.000834. The molecule has 2 amide bonds. The van der Waals surface area contributed by atoms with E-state index in [2.05, 4.69) is 5.32 Å². The number of fused-ring (bicyclic) bond motifs is 1. The van der Waals surface area contributed by atoms with Crippen LogP contribution >= 0.6 is 0 Å². The van der Waals surface area contributed by atoms with Gasteiger partial charge in [-0.25, -0.2) is 0 Å². The Balaban J connectivity index is 1.81. The lowest BCUT2D eigenvalue weighted by atomic mass is 10.0. The third-order valence-corrected chi connectivity index (χ3v) is 3.73. The van der Waals surface area contributed by atoms with Crippen LogP contribution in [0.3, 0.4) is 0 Å². The molecule has 0 spiro atoms. The highest BCUT2D eigenvalue weighted by Gasteiger charge is 2.24. The summed E-state index contributed by atoms with van der Waals surface area (Å²) in [6.45, 7) is 1.37. The molecule has 19 heavy (non-hydrogen) atoms. The highest BCUT2D eigenvalue weighted by molar-refractivity contribution is 6.02. The normalized spacial score (nSPS) is 22.1. The number of nitrogens with one attached hydrogen (secondary N) is 1. The van der Waals surface area contributed by atoms with Crippen molar-refractivity contribution in [2.75, 3.05) is 18.4 Å². The molecule has 2 heterocycles. The van der Waals surface area contributed by atoms with Gasteiger partial charge >= 0.3 is 0 Å². The predicted molar refractivity (Wildman–Crippen MR) is 71.9 cm³/mol. The Morgan fingerprint density at radius 1 is 1.42 bits per heavy atom. The van der Waals surface area contributed by atoms with Crippen molar-refractivity contribution in [3.05, 3.63) is 29.3 Å². The quantitative estimate of drug-likeness (QED) is 0.781. The standard InChI is InChI=1S/C14H17N3O2/c15-11-2-1-5-17(8-11)14(19)10-4-3-9-7-13(18)16-12(9)6-10/h3-4,6,11H,1-2,5,7-8,15H2,(H,16,18)/t11-/m1/s1. The Hall–Kier alpha value is -1.88. The summed E-state index contributed by atoms with van der Waals surface area (Å²) in [6, 6.07) is 5.49. The summed E-state index contributed by atoms with van der Waals surface area (Å²) in [5, 5.41) is 2.77. The molecule has 1 aromatic carbocycles. The van der Waals surface area contributed by atoms with Crippen molar-refractivity contribution in [2.24, 2.45) is 5.73 Å². The molecule has 0 unspecified atom stereocenters. The van der Waals surface area contributed by atoms with E-state index in [4.69, 9.17) is 5.73 Å². The molecule has 0 radical (unpaired) electrons. The van der Waals surface area contributed by atoms with Crippen LogP contribution in [0.1, 0.15) is 28.8 Å². The molecule has 3 N–H and O–H groups in total. The molecule has 0 aliphatic carbocycles. The molecular formula is C14H17N3O2. The first-order valence-electron chi connectivity index (χ1n) is 6.61. The van der Waals surface area contributed by atoms with E-state index in [-0.39, 0.29) is 17.9 Å². The topological polar surface area (TPSA) is 75.4 Å². The lowest BCUT2D eigenvalue weighted by Gasteiger charge is -2.30. The molecule has 1 saturated heterocycles. The fraction of sp³-hybridized carbons (Fsp3) is 0.429. The number of carbonyl (C=O) groups is 2. The van der Waals surface area contributed by atoms with Crippen molar-refractivity contribution < 1.29 is 9.59 Å². The summed E-state index contributed by atoms with van der Waals surface area (Å²) in [6.07, 6.45) is 2.33. The molecule has 5 heteroatoms. The molecular weight excluding hydrogens is 242 g/mol. The van der Waals surface area contributed by atoms with E-state index in [0.717, 1.165) is 30.6 Å². The Kier molecular flexibility index (Phi) is 2.98. The Morgan fingerprint density at radius 2 is 2.26 bits per heavy atom. The second-order valence-electron chi connectivity index (χ2n) is 5.25. The number of anilines is 1. The summed E-state index contributed by atoms with van der Waals surface area (Å²) in [7, 11) is 0.